The smallest absolute Gasteiger partial charge is 0.232 e. The van der Waals surface area contributed by atoms with Crippen LogP contribution in [0.4, 0.5) is 10.1 Å². The van der Waals surface area contributed by atoms with Gasteiger partial charge in [0.1, 0.15) is 35.1 Å². The number of hydrogen-bond donors (Lipinski definition) is 1. The van der Waals surface area contributed by atoms with Gasteiger partial charge < -0.3 is 14.8 Å². The van der Waals surface area contributed by atoms with Gasteiger partial charge in [-0.3, -0.25) is 9.10 Å². The second-order valence-corrected chi connectivity index (χ2v) is 11.3. The number of carbonyl (C=O) groups is 1. The number of anilines is 1. The van der Waals surface area contributed by atoms with Gasteiger partial charge in [-0.1, -0.05) is 17.3 Å². The van der Waals surface area contributed by atoms with E-state index in [-0.39, 0.29) is 18.3 Å². The molecule has 3 aromatic carbocycles. The van der Waals surface area contributed by atoms with Crippen LogP contribution in [0.15, 0.2) is 66.9 Å². The number of benzene rings is 3. The lowest BCUT2D eigenvalue weighted by atomic mass is 9.89. The summed E-state index contributed by atoms with van der Waals surface area (Å²) < 4.78 is 53.8. The van der Waals surface area contributed by atoms with Crippen molar-refractivity contribution in [1.29, 1.82) is 0 Å². The summed E-state index contributed by atoms with van der Waals surface area (Å²) in [6.45, 7) is 0.375. The van der Waals surface area contributed by atoms with E-state index in [0.29, 0.717) is 46.3 Å². The maximum absolute atomic E-state index is 13.2. The first kappa shape index (κ1) is 24.9. The maximum atomic E-state index is 13.2. The third-order valence-electron chi connectivity index (χ3n) is 6.88. The van der Waals surface area contributed by atoms with E-state index in [9.17, 15) is 17.6 Å². The number of sulfonamides is 1. The van der Waals surface area contributed by atoms with Crippen LogP contribution in [0.3, 0.4) is 0 Å². The van der Waals surface area contributed by atoms with Crippen molar-refractivity contribution in [2.24, 2.45) is 0 Å². The standard InChI is InChI=1S/C27H24FN5O5S/c1-29-27(34)25-22-11-17-14-32-19(13-30-31-32)15-33(39(2,35)36)23(17)12-24(22)38-26(25)16-3-7-20(8-4-16)37-21-9-5-18(28)6-10-21/h3-13,25-26H,14-15H2,1-2H3,(H,29,34). The monoisotopic (exact) mass is 549 g/mol. The predicted molar refractivity (Wildman–Crippen MR) is 140 cm³/mol. The Morgan fingerprint density at radius 3 is 2.44 bits per heavy atom. The molecule has 1 amide bonds. The summed E-state index contributed by atoms with van der Waals surface area (Å²) >= 11 is 0. The van der Waals surface area contributed by atoms with Crippen molar-refractivity contribution in [3.8, 4) is 17.2 Å². The Morgan fingerprint density at radius 1 is 1.08 bits per heavy atom. The molecule has 200 valence electrons. The summed E-state index contributed by atoms with van der Waals surface area (Å²) in [5.41, 5.74) is 3.20. The van der Waals surface area contributed by atoms with Crippen molar-refractivity contribution < 1.29 is 27.1 Å². The average molecular weight is 550 g/mol. The SMILES string of the molecule is CNC(=O)C1c2cc3c(cc2OC1c1ccc(Oc2ccc(F)cc2)cc1)N(S(C)(=O)=O)Cc1cnnn1C3. The number of hydrogen-bond acceptors (Lipinski definition) is 7. The summed E-state index contributed by atoms with van der Waals surface area (Å²) in [7, 11) is -2.08. The van der Waals surface area contributed by atoms with Gasteiger partial charge in [0.2, 0.25) is 15.9 Å². The number of likely N-dealkylation sites (N-methyl/N-ethyl adjacent to an activating group) is 1. The van der Waals surface area contributed by atoms with Crippen molar-refractivity contribution in [3.05, 3.63) is 95.1 Å². The number of aromatic nitrogens is 3. The van der Waals surface area contributed by atoms with Crippen LogP contribution in [-0.4, -0.2) is 42.6 Å². The highest BCUT2D eigenvalue weighted by Gasteiger charge is 2.42. The number of fused-ring (bicyclic) bond motifs is 3. The summed E-state index contributed by atoms with van der Waals surface area (Å²) in [5.74, 6) is 0.200. The van der Waals surface area contributed by atoms with E-state index in [2.05, 4.69) is 15.6 Å². The highest BCUT2D eigenvalue weighted by atomic mass is 32.2. The molecule has 2 atom stereocenters. The Balaban J connectivity index is 1.36. The molecule has 10 nitrogen and oxygen atoms in total. The number of nitrogens with one attached hydrogen (secondary N) is 1. The van der Waals surface area contributed by atoms with Gasteiger partial charge >= 0.3 is 0 Å². The van der Waals surface area contributed by atoms with Gasteiger partial charge in [0.25, 0.3) is 0 Å². The Morgan fingerprint density at radius 2 is 1.77 bits per heavy atom. The van der Waals surface area contributed by atoms with Gasteiger partial charge in [-0.15, -0.1) is 5.10 Å². The molecule has 0 saturated carbocycles. The maximum Gasteiger partial charge on any atom is 0.232 e. The molecule has 4 aromatic rings. The zero-order valence-electron chi connectivity index (χ0n) is 21.0. The summed E-state index contributed by atoms with van der Waals surface area (Å²) in [5, 5.41) is 10.8. The highest BCUT2D eigenvalue weighted by Crippen LogP contribution is 2.49. The fraction of sp³-hybridized carbons (Fsp3) is 0.222. The van der Waals surface area contributed by atoms with E-state index in [4.69, 9.17) is 9.47 Å². The molecular formula is C27H24FN5O5S. The second kappa shape index (κ2) is 9.38. The third kappa shape index (κ3) is 4.56. The number of amides is 1. The lowest BCUT2D eigenvalue weighted by Crippen LogP contribution is -2.29. The first-order chi connectivity index (χ1) is 18.7. The molecule has 0 fully saturated rings. The fourth-order valence-electron chi connectivity index (χ4n) is 4.99. The summed E-state index contributed by atoms with van der Waals surface area (Å²) in [4.78, 5) is 13.1. The highest BCUT2D eigenvalue weighted by molar-refractivity contribution is 7.92. The van der Waals surface area contributed by atoms with E-state index in [1.165, 1.54) is 28.6 Å². The van der Waals surface area contributed by atoms with Gasteiger partial charge in [0.05, 0.1) is 36.9 Å². The lowest BCUT2D eigenvalue weighted by Gasteiger charge is -2.22. The minimum Gasteiger partial charge on any atom is -0.484 e. The van der Waals surface area contributed by atoms with E-state index in [0.717, 1.165) is 11.8 Å². The molecule has 0 bridgehead atoms. The molecule has 2 aliphatic heterocycles. The van der Waals surface area contributed by atoms with Gasteiger partial charge in [-0.05, 0) is 53.6 Å². The Hall–Kier alpha value is -4.45. The molecule has 0 saturated heterocycles. The minimum atomic E-state index is -3.64. The van der Waals surface area contributed by atoms with Gasteiger partial charge in [-0.25, -0.2) is 17.5 Å². The lowest BCUT2D eigenvalue weighted by molar-refractivity contribution is -0.123. The molecule has 2 aliphatic rings. The molecule has 0 aliphatic carbocycles. The van der Waals surface area contributed by atoms with Crippen LogP contribution in [0.25, 0.3) is 0 Å². The van der Waals surface area contributed by atoms with Crippen LogP contribution < -0.4 is 19.1 Å². The van der Waals surface area contributed by atoms with E-state index < -0.39 is 22.0 Å². The average Bonchev–Trinajstić information content (AvgIpc) is 3.47. The largest absolute Gasteiger partial charge is 0.484 e. The Kier molecular flexibility index (Phi) is 5.98. The second-order valence-electron chi connectivity index (χ2n) is 9.43. The van der Waals surface area contributed by atoms with E-state index in [1.54, 1.807) is 48.3 Å². The van der Waals surface area contributed by atoms with Crippen molar-refractivity contribution in [3.63, 3.8) is 0 Å². The predicted octanol–water partition coefficient (Wildman–Crippen LogP) is 3.50. The van der Waals surface area contributed by atoms with Crippen LogP contribution in [0.5, 0.6) is 17.2 Å². The van der Waals surface area contributed by atoms with Crippen LogP contribution >= 0.6 is 0 Å². The molecule has 1 N–H and O–H groups in total. The number of carbonyl (C=O) groups excluding carboxylic acids is 1. The normalized spacial score (nSPS) is 17.9. The topological polar surface area (TPSA) is 116 Å². The van der Waals surface area contributed by atoms with Crippen LogP contribution in [0.1, 0.15) is 34.4 Å². The number of ether oxygens (including phenoxy) is 2. The van der Waals surface area contributed by atoms with E-state index >= 15 is 0 Å². The molecule has 2 unspecified atom stereocenters. The minimum absolute atomic E-state index is 0.0788. The first-order valence-corrected chi connectivity index (χ1v) is 14.0. The van der Waals surface area contributed by atoms with Gasteiger partial charge in [0.15, 0.2) is 0 Å². The Labute approximate surface area is 224 Å². The molecule has 0 spiro atoms. The number of nitrogens with zero attached hydrogens (tertiary/aromatic N) is 4. The number of halogens is 1. The van der Waals surface area contributed by atoms with Gasteiger partial charge in [0, 0.05) is 18.7 Å². The van der Waals surface area contributed by atoms with E-state index in [1.807, 2.05) is 6.07 Å². The first-order valence-electron chi connectivity index (χ1n) is 12.1. The number of rotatable bonds is 5. The summed E-state index contributed by atoms with van der Waals surface area (Å²) in [6.07, 6.45) is 2.04. The van der Waals surface area contributed by atoms with Crippen LogP contribution in [0.2, 0.25) is 0 Å². The molecule has 6 rings (SSSR count). The molecule has 3 heterocycles. The zero-order chi connectivity index (χ0) is 27.3. The third-order valence-corrected chi connectivity index (χ3v) is 8.01. The van der Waals surface area contributed by atoms with Crippen molar-refractivity contribution in [1.82, 2.24) is 20.3 Å². The molecule has 1 aromatic heterocycles. The molecule has 39 heavy (non-hydrogen) atoms. The van der Waals surface area contributed by atoms with Crippen LogP contribution in [0, 0.1) is 5.82 Å². The summed E-state index contributed by atoms with van der Waals surface area (Å²) in [6, 6.07) is 16.3. The van der Waals surface area contributed by atoms with Crippen molar-refractivity contribution in [2.45, 2.75) is 25.1 Å². The zero-order valence-corrected chi connectivity index (χ0v) is 21.9. The quantitative estimate of drug-likeness (QED) is 0.405. The molecular weight excluding hydrogens is 525 g/mol. The molecule has 0 radical (unpaired) electrons. The van der Waals surface area contributed by atoms with Crippen LogP contribution in [-0.2, 0) is 27.9 Å². The molecule has 12 heteroatoms. The van der Waals surface area contributed by atoms with Crippen molar-refractivity contribution >= 4 is 21.6 Å². The Bertz CT molecular complexity index is 1670. The fourth-order valence-corrected chi connectivity index (χ4v) is 5.88. The van der Waals surface area contributed by atoms with Gasteiger partial charge in [-0.2, -0.15) is 0 Å². The van der Waals surface area contributed by atoms with Crippen molar-refractivity contribution in [2.75, 3.05) is 17.6 Å².